The quantitative estimate of drug-likeness (QED) is 0.380. The lowest BCUT2D eigenvalue weighted by molar-refractivity contribution is -0.0719. The monoisotopic (exact) mass is 562 g/mol. The zero-order valence-electron chi connectivity index (χ0n) is 24.4. The van der Waals surface area contributed by atoms with Gasteiger partial charge in [-0.05, 0) is 44.9 Å². The minimum Gasteiger partial charge on any atom is -0.493 e. The van der Waals surface area contributed by atoms with Gasteiger partial charge in [-0.2, -0.15) is 5.26 Å². The smallest absolute Gasteiger partial charge is 0.231 e. The molecule has 218 valence electrons. The van der Waals surface area contributed by atoms with Crippen LogP contribution >= 0.6 is 0 Å². The van der Waals surface area contributed by atoms with E-state index < -0.39 is 6.04 Å². The van der Waals surface area contributed by atoms with Crippen LogP contribution in [0.2, 0.25) is 0 Å². The summed E-state index contributed by atoms with van der Waals surface area (Å²) in [5, 5.41) is 10.7. The standard InChI is InChI=1S/C31H38N4O6/c1-7-8-38-28-17(3)29-31(41-15-40-29)25-19(28)11-21-26-24-18(9-16(2)27(37-6)30(24)39-14-36-5)10-20(34(26)4)22(12-32)35(21)23(25)13-33/h7,9,20-23,26H,1,8,10-11,13-15,33H2,2-6H3/t20?,21-,22?,23?,26?/m0/s1. The van der Waals surface area contributed by atoms with E-state index in [0.29, 0.717) is 49.0 Å². The highest BCUT2D eigenvalue weighted by Gasteiger charge is 2.56. The molecule has 2 bridgehead atoms. The average Bonchev–Trinajstić information content (AvgIpc) is 3.46. The topological polar surface area (TPSA) is 112 Å². The van der Waals surface area contributed by atoms with E-state index in [0.717, 1.165) is 33.6 Å². The lowest BCUT2D eigenvalue weighted by Gasteiger charge is -2.60. The molecule has 1 fully saturated rings. The molecular formula is C31H38N4O6. The Bertz CT molecular complexity index is 1420. The molecule has 41 heavy (non-hydrogen) atoms. The van der Waals surface area contributed by atoms with Crippen LogP contribution in [0.15, 0.2) is 18.7 Å². The Labute approximate surface area is 241 Å². The third kappa shape index (κ3) is 3.98. The molecule has 0 aromatic heterocycles. The number of fused-ring (bicyclic) bond motifs is 9. The van der Waals surface area contributed by atoms with Crippen LogP contribution in [0.3, 0.4) is 0 Å². The van der Waals surface area contributed by atoms with E-state index in [1.165, 1.54) is 5.56 Å². The number of nitriles is 1. The molecule has 2 aromatic carbocycles. The van der Waals surface area contributed by atoms with Crippen molar-refractivity contribution in [2.75, 3.05) is 48.0 Å². The van der Waals surface area contributed by atoms with Crippen LogP contribution in [0.25, 0.3) is 0 Å². The Balaban J connectivity index is 1.60. The van der Waals surface area contributed by atoms with Gasteiger partial charge in [-0.3, -0.25) is 9.80 Å². The summed E-state index contributed by atoms with van der Waals surface area (Å²) < 4.78 is 35.8. The van der Waals surface area contributed by atoms with E-state index in [-0.39, 0.29) is 37.8 Å². The number of ether oxygens (including phenoxy) is 6. The maximum absolute atomic E-state index is 10.7. The van der Waals surface area contributed by atoms with Crippen molar-refractivity contribution in [1.82, 2.24) is 9.80 Å². The summed E-state index contributed by atoms with van der Waals surface area (Å²) in [6, 6.07) is 3.94. The number of aryl methyl sites for hydroxylation is 1. The number of nitrogens with zero attached hydrogens (tertiary/aromatic N) is 3. The second-order valence-corrected chi connectivity index (χ2v) is 11.1. The zero-order valence-corrected chi connectivity index (χ0v) is 24.4. The average molecular weight is 563 g/mol. The summed E-state index contributed by atoms with van der Waals surface area (Å²) in [5.74, 6) is 3.55. The van der Waals surface area contributed by atoms with Crippen LogP contribution in [-0.2, 0) is 17.6 Å². The molecule has 10 heteroatoms. The summed E-state index contributed by atoms with van der Waals surface area (Å²) in [4.78, 5) is 4.66. The van der Waals surface area contributed by atoms with Gasteiger partial charge in [0.2, 0.25) is 6.79 Å². The third-order valence-corrected chi connectivity index (χ3v) is 9.14. The van der Waals surface area contributed by atoms with Crippen LogP contribution < -0.4 is 29.4 Å². The van der Waals surface area contributed by atoms with Gasteiger partial charge in [0.15, 0.2) is 29.8 Å². The van der Waals surface area contributed by atoms with E-state index >= 15 is 0 Å². The fourth-order valence-corrected chi connectivity index (χ4v) is 7.64. The molecule has 2 N–H and O–H groups in total. The lowest BCUT2D eigenvalue weighted by Crippen LogP contribution is -2.68. The number of piperazine rings is 1. The molecule has 2 aromatic rings. The Morgan fingerprint density at radius 3 is 2.56 bits per heavy atom. The van der Waals surface area contributed by atoms with Gasteiger partial charge in [-0.15, -0.1) is 0 Å². The molecule has 4 aliphatic heterocycles. The Hall–Kier alpha value is -3.49. The first-order valence-electron chi connectivity index (χ1n) is 14.0. The van der Waals surface area contributed by atoms with E-state index in [1.807, 2.05) is 13.8 Å². The number of likely N-dealkylation sites (N-methyl/N-ethyl adjacent to an activating group) is 1. The number of nitrogens with two attached hydrogens (primary N) is 1. The summed E-state index contributed by atoms with van der Waals surface area (Å²) in [5.41, 5.74) is 12.7. The van der Waals surface area contributed by atoms with Crippen molar-refractivity contribution in [2.24, 2.45) is 5.73 Å². The summed E-state index contributed by atoms with van der Waals surface area (Å²) in [6.07, 6.45) is 3.05. The van der Waals surface area contributed by atoms with E-state index in [9.17, 15) is 5.26 Å². The minimum absolute atomic E-state index is 0.0421. The largest absolute Gasteiger partial charge is 0.493 e. The van der Waals surface area contributed by atoms with Gasteiger partial charge in [0.25, 0.3) is 0 Å². The molecule has 0 radical (unpaired) electrons. The van der Waals surface area contributed by atoms with Crippen LogP contribution in [-0.4, -0.2) is 75.9 Å². The molecule has 4 aliphatic rings. The van der Waals surface area contributed by atoms with Crippen LogP contribution in [0.5, 0.6) is 28.7 Å². The summed E-state index contributed by atoms with van der Waals surface area (Å²) in [7, 11) is 5.38. The fourth-order valence-electron chi connectivity index (χ4n) is 7.64. The maximum atomic E-state index is 10.7. The van der Waals surface area contributed by atoms with Crippen molar-refractivity contribution < 1.29 is 28.4 Å². The number of hydrogen-bond acceptors (Lipinski definition) is 10. The normalized spacial score (nSPS) is 25.9. The molecule has 10 nitrogen and oxygen atoms in total. The van der Waals surface area contributed by atoms with Crippen molar-refractivity contribution in [2.45, 2.75) is 56.9 Å². The van der Waals surface area contributed by atoms with Crippen LogP contribution in [0, 0.1) is 25.2 Å². The number of hydrogen-bond donors (Lipinski definition) is 1. The minimum atomic E-state index is -0.390. The van der Waals surface area contributed by atoms with Crippen LogP contribution in [0.4, 0.5) is 0 Å². The predicted molar refractivity (Wildman–Crippen MR) is 152 cm³/mol. The second-order valence-electron chi connectivity index (χ2n) is 11.1. The van der Waals surface area contributed by atoms with Gasteiger partial charge in [-0.1, -0.05) is 18.7 Å². The molecule has 6 rings (SSSR count). The zero-order chi connectivity index (χ0) is 29.0. The second kappa shape index (κ2) is 10.7. The van der Waals surface area contributed by atoms with Crippen molar-refractivity contribution in [3.8, 4) is 34.8 Å². The fraction of sp³-hybridized carbons (Fsp3) is 0.516. The Kier molecular flexibility index (Phi) is 7.24. The molecule has 4 heterocycles. The van der Waals surface area contributed by atoms with Gasteiger partial charge in [0, 0.05) is 48.0 Å². The van der Waals surface area contributed by atoms with Gasteiger partial charge < -0.3 is 34.2 Å². The highest BCUT2D eigenvalue weighted by Crippen LogP contribution is 2.58. The Morgan fingerprint density at radius 1 is 1.10 bits per heavy atom. The molecule has 0 spiro atoms. The van der Waals surface area contributed by atoms with Crippen molar-refractivity contribution in [1.29, 1.82) is 5.26 Å². The third-order valence-electron chi connectivity index (χ3n) is 9.14. The van der Waals surface area contributed by atoms with Gasteiger partial charge in [-0.25, -0.2) is 0 Å². The number of methoxy groups -OCH3 is 2. The maximum Gasteiger partial charge on any atom is 0.231 e. The first-order chi connectivity index (χ1) is 19.9. The van der Waals surface area contributed by atoms with Crippen LogP contribution in [0.1, 0.15) is 45.5 Å². The van der Waals surface area contributed by atoms with Gasteiger partial charge in [0.05, 0.1) is 25.3 Å². The lowest BCUT2D eigenvalue weighted by atomic mass is 9.71. The molecule has 0 aliphatic carbocycles. The van der Waals surface area contributed by atoms with Crippen molar-refractivity contribution >= 4 is 0 Å². The molecule has 0 amide bonds. The van der Waals surface area contributed by atoms with E-state index in [2.05, 4.69) is 35.6 Å². The first kappa shape index (κ1) is 27.7. The highest BCUT2D eigenvalue weighted by molar-refractivity contribution is 5.66. The SMILES string of the molecule is C=CCOc1c(C)c2c(c3c1C[C@H]1C4c5c(cc(C)c(OC)c5OCOC)CC(C(C#N)N1C3CN)N4C)OCO2. The molecule has 1 saturated heterocycles. The number of rotatable bonds is 8. The van der Waals surface area contributed by atoms with Crippen molar-refractivity contribution in [3.63, 3.8) is 0 Å². The molecule has 5 atom stereocenters. The van der Waals surface area contributed by atoms with Gasteiger partial charge >= 0.3 is 0 Å². The predicted octanol–water partition coefficient (Wildman–Crippen LogP) is 3.32. The molecular weight excluding hydrogens is 524 g/mol. The number of benzene rings is 2. The Morgan fingerprint density at radius 2 is 1.88 bits per heavy atom. The highest BCUT2D eigenvalue weighted by atomic mass is 16.7. The summed E-state index contributed by atoms with van der Waals surface area (Å²) >= 11 is 0. The van der Waals surface area contributed by atoms with Gasteiger partial charge in [0.1, 0.15) is 18.4 Å². The van der Waals surface area contributed by atoms with E-state index in [1.54, 1.807) is 20.3 Å². The summed E-state index contributed by atoms with van der Waals surface area (Å²) in [6.45, 7) is 8.77. The van der Waals surface area contributed by atoms with E-state index in [4.69, 9.17) is 34.2 Å². The molecule has 0 saturated carbocycles. The molecule has 4 unspecified atom stereocenters. The van der Waals surface area contributed by atoms with Crippen molar-refractivity contribution in [3.05, 3.63) is 52.1 Å². The first-order valence-corrected chi connectivity index (χ1v) is 14.0.